The van der Waals surface area contributed by atoms with Crippen LogP contribution in [0.4, 0.5) is 0 Å². The van der Waals surface area contributed by atoms with Crippen molar-refractivity contribution in [1.29, 1.82) is 0 Å². The standard InChI is InChI=1S/C20H28N4O6S/c1-5-28-19(25)11-14-8-9-29-18(10-14)15-6-7-16(21-13(15)2)20-17(24(3)23-22-20)12-30-31(4,26)27/h6-7,14,18H,5,8-12H2,1-4H3/t14-,18?/m0/s1. The molecular formula is C20H28N4O6S. The molecule has 3 rings (SSSR count). The van der Waals surface area contributed by atoms with Crippen molar-refractivity contribution in [2.75, 3.05) is 19.5 Å². The van der Waals surface area contributed by atoms with Crippen molar-refractivity contribution in [2.24, 2.45) is 13.0 Å². The summed E-state index contributed by atoms with van der Waals surface area (Å²) in [5.74, 6) is 0.0291. The molecule has 0 aliphatic carbocycles. The lowest BCUT2D eigenvalue weighted by Gasteiger charge is -2.30. The Morgan fingerprint density at radius 2 is 2.13 bits per heavy atom. The largest absolute Gasteiger partial charge is 0.466 e. The summed E-state index contributed by atoms with van der Waals surface area (Å²) in [5, 5.41) is 8.10. The Balaban J connectivity index is 1.77. The van der Waals surface area contributed by atoms with Gasteiger partial charge in [-0.05, 0) is 38.7 Å². The maximum absolute atomic E-state index is 11.8. The van der Waals surface area contributed by atoms with Crippen molar-refractivity contribution < 1.29 is 26.9 Å². The molecule has 2 aromatic heterocycles. The summed E-state index contributed by atoms with van der Waals surface area (Å²) in [6.07, 6.45) is 2.78. The van der Waals surface area contributed by atoms with Crippen molar-refractivity contribution >= 4 is 16.1 Å². The van der Waals surface area contributed by atoms with Gasteiger partial charge < -0.3 is 9.47 Å². The molecule has 3 heterocycles. The molecule has 2 aromatic rings. The van der Waals surface area contributed by atoms with Crippen molar-refractivity contribution in [3.63, 3.8) is 0 Å². The van der Waals surface area contributed by atoms with Crippen LogP contribution in [0.2, 0.25) is 0 Å². The molecule has 0 amide bonds. The topological polar surface area (TPSA) is 123 Å². The number of esters is 1. The molecule has 1 fully saturated rings. The third-order valence-electron chi connectivity index (χ3n) is 5.22. The Bertz CT molecular complexity index is 1040. The van der Waals surface area contributed by atoms with Gasteiger partial charge in [0, 0.05) is 31.3 Å². The number of carbonyl (C=O) groups is 1. The number of nitrogens with zero attached hydrogens (tertiary/aromatic N) is 4. The van der Waals surface area contributed by atoms with Gasteiger partial charge in [-0.2, -0.15) is 8.42 Å². The molecule has 0 bridgehead atoms. The van der Waals surface area contributed by atoms with Crippen molar-refractivity contribution in [3.05, 3.63) is 29.1 Å². The van der Waals surface area contributed by atoms with Crippen LogP contribution in [0.3, 0.4) is 0 Å². The predicted molar refractivity (Wildman–Crippen MR) is 111 cm³/mol. The van der Waals surface area contributed by atoms with Gasteiger partial charge in [0.05, 0.1) is 30.4 Å². The number of hydrogen-bond acceptors (Lipinski definition) is 9. The van der Waals surface area contributed by atoms with E-state index in [1.807, 2.05) is 19.1 Å². The first-order chi connectivity index (χ1) is 14.7. The lowest BCUT2D eigenvalue weighted by Crippen LogP contribution is -2.23. The van der Waals surface area contributed by atoms with E-state index in [4.69, 9.17) is 13.7 Å². The lowest BCUT2D eigenvalue weighted by molar-refractivity contribution is -0.145. The van der Waals surface area contributed by atoms with E-state index in [1.165, 1.54) is 4.68 Å². The Morgan fingerprint density at radius 3 is 2.81 bits per heavy atom. The van der Waals surface area contributed by atoms with Crippen LogP contribution in [0.5, 0.6) is 0 Å². The molecule has 11 heteroatoms. The number of rotatable bonds is 8. The zero-order chi connectivity index (χ0) is 22.6. The average molecular weight is 453 g/mol. The molecule has 0 N–H and O–H groups in total. The molecule has 2 atom stereocenters. The molecule has 1 saturated heterocycles. The second-order valence-corrected chi connectivity index (χ2v) is 9.25. The monoisotopic (exact) mass is 452 g/mol. The summed E-state index contributed by atoms with van der Waals surface area (Å²) in [6.45, 7) is 4.47. The highest BCUT2D eigenvalue weighted by Gasteiger charge is 2.28. The first kappa shape index (κ1) is 23.3. The van der Waals surface area contributed by atoms with E-state index in [9.17, 15) is 13.2 Å². The van der Waals surface area contributed by atoms with Crippen LogP contribution in [0.1, 0.15) is 49.2 Å². The minimum absolute atomic E-state index is 0.148. The van der Waals surface area contributed by atoms with Crippen molar-refractivity contribution in [1.82, 2.24) is 20.0 Å². The zero-order valence-corrected chi connectivity index (χ0v) is 19.0. The third kappa shape index (κ3) is 6.08. The van der Waals surface area contributed by atoms with Crippen LogP contribution >= 0.6 is 0 Å². The van der Waals surface area contributed by atoms with E-state index in [1.54, 1.807) is 14.0 Å². The Kier molecular flexibility index (Phi) is 7.39. The first-order valence-corrected chi connectivity index (χ1v) is 12.0. The smallest absolute Gasteiger partial charge is 0.306 e. The number of aromatic nitrogens is 4. The lowest BCUT2D eigenvalue weighted by atomic mass is 9.89. The molecule has 31 heavy (non-hydrogen) atoms. The van der Waals surface area contributed by atoms with E-state index in [2.05, 4.69) is 15.3 Å². The number of hydrogen-bond donors (Lipinski definition) is 0. The van der Waals surface area contributed by atoms with Crippen LogP contribution in [-0.2, 0) is 42.2 Å². The van der Waals surface area contributed by atoms with Crippen molar-refractivity contribution in [2.45, 2.75) is 45.8 Å². The summed E-state index contributed by atoms with van der Waals surface area (Å²) in [6, 6.07) is 3.75. The van der Waals surface area contributed by atoms with Gasteiger partial charge in [0.15, 0.2) is 0 Å². The van der Waals surface area contributed by atoms with Gasteiger partial charge in [-0.3, -0.25) is 14.0 Å². The second-order valence-electron chi connectivity index (χ2n) is 7.60. The fourth-order valence-corrected chi connectivity index (χ4v) is 3.99. The summed E-state index contributed by atoms with van der Waals surface area (Å²) < 4.78 is 40.1. The Labute approximate surface area is 182 Å². The highest BCUT2D eigenvalue weighted by Crippen LogP contribution is 2.35. The molecule has 1 aliphatic rings. The van der Waals surface area contributed by atoms with Crippen LogP contribution in [0.15, 0.2) is 12.1 Å². The fourth-order valence-electron chi connectivity index (χ4n) is 3.67. The normalized spacial score (nSPS) is 19.4. The molecule has 0 spiro atoms. The molecule has 1 unspecified atom stereocenters. The quantitative estimate of drug-likeness (QED) is 0.437. The summed E-state index contributed by atoms with van der Waals surface area (Å²) in [7, 11) is -1.94. The highest BCUT2D eigenvalue weighted by atomic mass is 32.2. The van der Waals surface area contributed by atoms with Gasteiger partial charge in [-0.15, -0.1) is 5.10 Å². The van der Waals surface area contributed by atoms with Gasteiger partial charge in [0.2, 0.25) is 0 Å². The summed E-state index contributed by atoms with van der Waals surface area (Å²) in [4.78, 5) is 16.5. The van der Waals surface area contributed by atoms with Gasteiger partial charge in [0.1, 0.15) is 12.3 Å². The summed E-state index contributed by atoms with van der Waals surface area (Å²) >= 11 is 0. The number of aryl methyl sites for hydroxylation is 2. The molecular weight excluding hydrogens is 424 g/mol. The second kappa shape index (κ2) is 9.84. The van der Waals surface area contributed by atoms with E-state index in [-0.39, 0.29) is 24.6 Å². The van der Waals surface area contributed by atoms with E-state index < -0.39 is 10.1 Å². The third-order valence-corrected chi connectivity index (χ3v) is 5.77. The minimum Gasteiger partial charge on any atom is -0.466 e. The van der Waals surface area contributed by atoms with Gasteiger partial charge in [0.25, 0.3) is 10.1 Å². The number of pyridine rings is 1. The van der Waals surface area contributed by atoms with Gasteiger partial charge in [-0.25, -0.2) is 4.68 Å². The van der Waals surface area contributed by atoms with Crippen molar-refractivity contribution in [3.8, 4) is 11.4 Å². The molecule has 170 valence electrons. The van der Waals surface area contributed by atoms with Gasteiger partial charge in [-0.1, -0.05) is 11.3 Å². The Morgan fingerprint density at radius 1 is 1.35 bits per heavy atom. The molecule has 1 aliphatic heterocycles. The van der Waals surface area contributed by atoms with E-state index in [0.717, 1.165) is 30.4 Å². The highest BCUT2D eigenvalue weighted by molar-refractivity contribution is 7.85. The molecule has 0 aromatic carbocycles. The maximum Gasteiger partial charge on any atom is 0.306 e. The fraction of sp³-hybridized carbons (Fsp3) is 0.600. The van der Waals surface area contributed by atoms with E-state index in [0.29, 0.717) is 36.7 Å². The number of carbonyl (C=O) groups excluding carboxylic acids is 1. The predicted octanol–water partition coefficient (Wildman–Crippen LogP) is 2.08. The first-order valence-electron chi connectivity index (χ1n) is 10.2. The zero-order valence-electron chi connectivity index (χ0n) is 18.2. The van der Waals surface area contributed by atoms with Crippen LogP contribution in [0.25, 0.3) is 11.4 Å². The Hall–Kier alpha value is -2.37. The van der Waals surface area contributed by atoms with Crippen LogP contribution < -0.4 is 0 Å². The van der Waals surface area contributed by atoms with Crippen LogP contribution in [-0.4, -0.2) is 53.8 Å². The number of ether oxygens (including phenoxy) is 2. The van der Waals surface area contributed by atoms with Gasteiger partial charge >= 0.3 is 5.97 Å². The SMILES string of the molecule is CCOC(=O)C[C@H]1CCOC(c2ccc(-c3nnn(C)c3COS(C)(=O)=O)nc2C)C1. The van der Waals surface area contributed by atoms with E-state index >= 15 is 0 Å². The maximum atomic E-state index is 11.8. The molecule has 0 radical (unpaired) electrons. The minimum atomic E-state index is -3.60. The summed E-state index contributed by atoms with van der Waals surface area (Å²) in [5.41, 5.74) is 3.27. The average Bonchev–Trinajstić information content (AvgIpc) is 3.06. The molecule has 0 saturated carbocycles. The molecule has 10 nitrogen and oxygen atoms in total. The van der Waals surface area contributed by atoms with Crippen LogP contribution in [0, 0.1) is 12.8 Å².